The van der Waals surface area contributed by atoms with Crippen LogP contribution in [0.3, 0.4) is 0 Å². The third-order valence-corrected chi connectivity index (χ3v) is 15.5. The largest absolute Gasteiger partial charge is 0.463 e. The zero-order valence-electron chi connectivity index (χ0n) is 55.1. The van der Waals surface area contributed by atoms with Crippen molar-refractivity contribution >= 4 is 65.7 Å². The molecule has 0 bridgehead atoms. The first kappa shape index (κ1) is 75.5. The van der Waals surface area contributed by atoms with E-state index >= 15 is 0 Å². The van der Waals surface area contributed by atoms with Crippen molar-refractivity contribution in [1.82, 2.24) is 0 Å². The van der Waals surface area contributed by atoms with Crippen molar-refractivity contribution in [1.29, 1.82) is 0 Å². The lowest BCUT2D eigenvalue weighted by molar-refractivity contribution is -0.383. The maximum atomic E-state index is 14.2. The Bertz CT molecular complexity index is 3430. The van der Waals surface area contributed by atoms with Crippen LogP contribution in [0.1, 0.15) is 96.8 Å². The van der Waals surface area contributed by atoms with Gasteiger partial charge in [0.1, 0.15) is 68.7 Å². The first-order valence-electron chi connectivity index (χ1n) is 31.2. The quantitative estimate of drug-likeness (QED) is 0.0692. The van der Waals surface area contributed by atoms with E-state index in [0.29, 0.717) is 0 Å². The molecule has 4 heterocycles. The van der Waals surface area contributed by atoms with E-state index in [2.05, 4.69) is 0 Å². The van der Waals surface area contributed by atoms with Crippen LogP contribution < -0.4 is 0 Å². The summed E-state index contributed by atoms with van der Waals surface area (Å²) in [5, 5.41) is 12.3. The number of esters is 11. The number of methoxy groups -OCH3 is 1. The molecule has 4 fully saturated rings. The van der Waals surface area contributed by atoms with Crippen molar-refractivity contribution in [2.45, 2.75) is 172 Å². The van der Waals surface area contributed by atoms with Gasteiger partial charge in [0.05, 0.1) is 28.9 Å². The lowest BCUT2D eigenvalue weighted by Crippen LogP contribution is -2.69. The van der Waals surface area contributed by atoms with Gasteiger partial charge in [-0.3, -0.25) is 33.6 Å². The van der Waals surface area contributed by atoms with Crippen LogP contribution in [0.15, 0.2) is 121 Å². The molecule has 0 amide bonds. The molecule has 99 heavy (non-hydrogen) atoms. The monoisotopic (exact) mass is 1390 g/mol. The molecule has 31 nitrogen and oxygen atoms in total. The van der Waals surface area contributed by atoms with E-state index in [4.69, 9.17) is 90.0 Å². The molecule has 0 radical (unpaired) electrons. The van der Waals surface area contributed by atoms with Crippen LogP contribution in [0.25, 0.3) is 0 Å². The van der Waals surface area contributed by atoms with Crippen molar-refractivity contribution in [3.8, 4) is 0 Å². The Hall–Kier alpha value is -9.31. The van der Waals surface area contributed by atoms with Crippen molar-refractivity contribution in [3.63, 3.8) is 0 Å². The molecule has 4 aliphatic rings. The Labute approximate surface area is 566 Å². The number of aliphatic hydroxyl groups is 1. The van der Waals surface area contributed by atoms with E-state index < -0.39 is 215 Å². The van der Waals surface area contributed by atoms with Gasteiger partial charge in [-0.2, -0.15) is 0 Å². The Morgan fingerprint density at radius 2 is 0.626 bits per heavy atom. The molecular weight excluding hydrogens is 1310 g/mol. The van der Waals surface area contributed by atoms with Gasteiger partial charge in [0.25, 0.3) is 0 Å². The molecule has 1 N–H and O–H groups in total. The number of ether oxygens (including phenoxy) is 19. The summed E-state index contributed by atoms with van der Waals surface area (Å²) < 4.78 is 115. The van der Waals surface area contributed by atoms with E-state index in [1.165, 1.54) is 67.6 Å². The fourth-order valence-electron chi connectivity index (χ4n) is 11.2. The Morgan fingerprint density at radius 1 is 0.323 bits per heavy atom. The molecular formula is C68H76O31. The second-order valence-electron chi connectivity index (χ2n) is 22.9. The smallest absolute Gasteiger partial charge is 0.338 e. The second kappa shape index (κ2) is 35.5. The molecule has 16 unspecified atom stereocenters. The van der Waals surface area contributed by atoms with E-state index in [9.17, 15) is 57.8 Å². The number of hydrogen-bond acceptors (Lipinski definition) is 31. The summed E-state index contributed by atoms with van der Waals surface area (Å²) in [7, 11) is 1.14. The van der Waals surface area contributed by atoms with Crippen molar-refractivity contribution in [2.75, 3.05) is 33.5 Å². The van der Waals surface area contributed by atoms with Crippen molar-refractivity contribution < 1.29 is 148 Å². The lowest BCUT2D eigenvalue weighted by Gasteiger charge is -2.50. The summed E-state index contributed by atoms with van der Waals surface area (Å²) in [5.41, 5.74) is 0.154. The van der Waals surface area contributed by atoms with Gasteiger partial charge in [-0.05, 0) is 48.5 Å². The molecule has 0 spiro atoms. The highest BCUT2D eigenvalue weighted by Crippen LogP contribution is 2.40. The van der Waals surface area contributed by atoms with Crippen LogP contribution in [0.2, 0.25) is 0 Å². The van der Waals surface area contributed by atoms with Crippen LogP contribution in [-0.4, -0.2) is 221 Å². The average molecular weight is 1390 g/mol. The first-order valence-corrected chi connectivity index (χ1v) is 31.2. The molecule has 0 saturated carbocycles. The van der Waals surface area contributed by atoms with E-state index in [1.807, 2.05) is 0 Å². The van der Waals surface area contributed by atoms with Crippen molar-refractivity contribution in [3.05, 3.63) is 144 Å². The zero-order valence-corrected chi connectivity index (χ0v) is 55.1. The average Bonchev–Trinajstić information content (AvgIpc) is 0.761. The van der Waals surface area contributed by atoms with Crippen LogP contribution in [0.5, 0.6) is 0 Å². The highest BCUT2D eigenvalue weighted by atomic mass is 16.8. The maximum Gasteiger partial charge on any atom is 0.338 e. The molecule has 0 aliphatic carbocycles. The van der Waals surface area contributed by atoms with Gasteiger partial charge in [-0.1, -0.05) is 79.7 Å². The number of carbonyl (C=O) groups excluding carboxylic acids is 11. The number of rotatable bonds is 26. The van der Waals surface area contributed by atoms with Gasteiger partial charge in [0, 0.05) is 61.5 Å². The highest BCUT2D eigenvalue weighted by molar-refractivity contribution is 5.91. The summed E-state index contributed by atoms with van der Waals surface area (Å²) >= 11 is 0. The number of benzene rings is 4. The molecule has 20 atom stereocenters. The fourth-order valence-corrected chi connectivity index (χ4v) is 11.2. The Kier molecular flexibility index (Phi) is 27.0. The van der Waals surface area contributed by atoms with Crippen LogP contribution >= 0.6 is 0 Å². The summed E-state index contributed by atoms with van der Waals surface area (Å²) in [6.07, 6.45) is -35.3. The third kappa shape index (κ3) is 20.4. The third-order valence-electron chi connectivity index (χ3n) is 15.5. The fraction of sp³-hybridized carbons (Fsp3) is 0.485. The van der Waals surface area contributed by atoms with E-state index in [1.54, 1.807) is 60.7 Å². The predicted molar refractivity (Wildman–Crippen MR) is 327 cm³/mol. The van der Waals surface area contributed by atoms with Crippen LogP contribution in [0, 0.1) is 5.92 Å². The summed E-state index contributed by atoms with van der Waals surface area (Å²) in [4.78, 5) is 147. The molecule has 4 saturated heterocycles. The second-order valence-corrected chi connectivity index (χ2v) is 22.9. The molecule has 0 aromatic heterocycles. The van der Waals surface area contributed by atoms with Gasteiger partial charge in [0.2, 0.25) is 0 Å². The van der Waals surface area contributed by atoms with E-state index in [-0.39, 0.29) is 22.3 Å². The molecule has 4 aromatic rings. The Morgan fingerprint density at radius 3 is 1.03 bits per heavy atom. The SMILES string of the molecule is CO[C@H]1OC(COC(C)=O)C(OC(C)=O)C(O[C@H]2OC(COC3OC(COC(=O)c4ccccc4)C(OC(=O)c4ccccc4)C(OC(=O)c4ccccc4)C3C)[C@@H](OC(C)=O)[C@H](OC3OC(COC(C)=O)C(OC(C)=O)C(O)C3OC(=O)c3ccccc3)C2OC(C)=O)C1OC(C)=O. The first-order chi connectivity index (χ1) is 47.3. The normalized spacial score (nSPS) is 29.5. The Balaban J connectivity index is 1.28. The predicted octanol–water partition coefficient (Wildman–Crippen LogP) is 3.63. The maximum absolute atomic E-state index is 14.2. The van der Waals surface area contributed by atoms with Crippen LogP contribution in [0.4, 0.5) is 0 Å². The molecule has 8 rings (SSSR count). The number of aliphatic hydroxyl groups excluding tert-OH is 1. The van der Waals surface area contributed by atoms with Crippen molar-refractivity contribution in [2.24, 2.45) is 5.92 Å². The van der Waals surface area contributed by atoms with Gasteiger partial charge in [0.15, 0.2) is 67.9 Å². The van der Waals surface area contributed by atoms with Gasteiger partial charge >= 0.3 is 65.7 Å². The van der Waals surface area contributed by atoms with Gasteiger partial charge < -0.3 is 95.1 Å². The zero-order chi connectivity index (χ0) is 71.6. The minimum Gasteiger partial charge on any atom is -0.463 e. The number of hydrogen-bond donors (Lipinski definition) is 1. The summed E-state index contributed by atoms with van der Waals surface area (Å²) in [6, 6.07) is 30.6. The summed E-state index contributed by atoms with van der Waals surface area (Å²) in [5.74, 6) is -11.9. The number of carbonyl (C=O) groups is 11. The summed E-state index contributed by atoms with van der Waals surface area (Å²) in [6.45, 7) is 5.47. The topological polar surface area (TPSA) is 383 Å². The van der Waals surface area contributed by atoms with E-state index in [0.717, 1.165) is 55.6 Å². The molecule has 534 valence electrons. The molecule has 4 aliphatic heterocycles. The van der Waals surface area contributed by atoms with Gasteiger partial charge in [-0.15, -0.1) is 0 Å². The van der Waals surface area contributed by atoms with Crippen LogP contribution in [-0.2, 0) is 124 Å². The molecule has 4 aromatic carbocycles. The molecule has 31 heteroatoms. The minimum absolute atomic E-state index is 0.0603. The minimum atomic E-state index is -2.22. The lowest BCUT2D eigenvalue weighted by atomic mass is 9.91. The standard InChI is InChI=1S/C68H76O31/c1-34-51(95-62(78)43-24-16-11-17-25-43)53(96-63(79)44-26-18-12-19-27-44)48(32-84-61(77)42-22-14-10-15-23-42)91-65(34)85-33-49-55(88-39(6)73)58(98-67-56(97-64(80)45-28-20-13-21-29-45)50(76)52(86-37(4)71)46(93-67)30-82-35(2)69)60(90-41(8)75)68(94-49)99-57-54(87-38(5)72)47(31-83-36(3)70)92-66(81-9)59(57)89-40(7)74/h10-29,34,46-60,65-68,76H,30-33H2,1-9H3/t34?,46?,47?,48?,49?,50?,51?,52?,53?,54?,55-,56?,57?,58+,59?,60?,65?,66+,67?,68-/m1/s1. The highest BCUT2D eigenvalue weighted by Gasteiger charge is 2.60. The van der Waals surface area contributed by atoms with Gasteiger partial charge in [-0.25, -0.2) is 19.2 Å².